The van der Waals surface area contributed by atoms with Crippen LogP contribution in [0.4, 0.5) is 0 Å². The molecule has 8 nitrogen and oxygen atoms in total. The van der Waals surface area contributed by atoms with Crippen LogP contribution < -0.4 is 0 Å². The molecule has 0 aliphatic rings. The summed E-state index contributed by atoms with van der Waals surface area (Å²) < 4.78 is 0. The normalized spacial score (nSPS) is 9.93. The molecule has 0 amide bonds. The first-order valence-electron chi connectivity index (χ1n) is 9.27. The fourth-order valence-electron chi connectivity index (χ4n) is 1.66. The van der Waals surface area contributed by atoms with E-state index in [9.17, 15) is 9.59 Å². The average Bonchev–Trinajstić information content (AvgIpc) is 2.52. The molecule has 0 aromatic heterocycles. The maximum absolute atomic E-state index is 9.84. The molecule has 0 atom stereocenters. The third-order valence-electron chi connectivity index (χ3n) is 2.85. The van der Waals surface area contributed by atoms with Crippen molar-refractivity contribution in [3.05, 3.63) is 0 Å². The molecule has 0 bridgehead atoms. The van der Waals surface area contributed by atoms with Crippen LogP contribution in [0.1, 0.15) is 90.9 Å². The van der Waals surface area contributed by atoms with Gasteiger partial charge in [0.25, 0.3) is 0 Å². The van der Waals surface area contributed by atoms with Gasteiger partial charge in [0.05, 0.1) is 0 Å². The van der Waals surface area contributed by atoms with Crippen molar-refractivity contribution < 1.29 is 58.4 Å². The van der Waals surface area contributed by atoms with Crippen molar-refractivity contribution in [2.24, 2.45) is 0 Å². The molecule has 0 heterocycles. The van der Waals surface area contributed by atoms with Gasteiger partial charge in [0.15, 0.2) is 0 Å². The molecule has 0 unspecified atom stereocenters. The van der Waals surface area contributed by atoms with Gasteiger partial charge in [0.2, 0.25) is 0 Å². The summed E-state index contributed by atoms with van der Waals surface area (Å²) in [6, 6.07) is 0. The summed E-state index contributed by atoms with van der Waals surface area (Å²) in [5.41, 5.74) is 0. The Kier molecular flexibility index (Phi) is 43.5. The molecule has 13 heteroatoms. The Bertz CT molecular complexity index is 365. The Labute approximate surface area is 198 Å². The molecule has 6 N–H and O–H groups in total. The van der Waals surface area contributed by atoms with E-state index in [1.807, 2.05) is 0 Å². The van der Waals surface area contributed by atoms with Crippen LogP contribution in [0.2, 0.25) is 0 Å². The third-order valence-corrected chi connectivity index (χ3v) is 2.85. The summed E-state index contributed by atoms with van der Waals surface area (Å²) >= 11 is 7.21. The molecule has 0 radical (unpaired) electrons. The largest absolute Gasteiger partial charge is 0.325 e. The van der Waals surface area contributed by atoms with Crippen LogP contribution in [-0.4, -0.2) is 41.9 Å². The predicted octanol–water partition coefficient (Wildman–Crippen LogP) is 3.46. The maximum Gasteiger partial charge on any atom is 0.319 e. The van der Waals surface area contributed by atoms with E-state index < -0.39 is 13.4 Å². The van der Waals surface area contributed by atoms with Crippen LogP contribution in [0.5, 0.6) is 0 Å². The van der Waals surface area contributed by atoms with Crippen molar-refractivity contribution in [3.63, 3.8) is 0 Å². The van der Waals surface area contributed by atoms with Gasteiger partial charge in [-0.05, 0) is 36.5 Å². The predicted molar refractivity (Wildman–Crippen MR) is 121 cm³/mol. The van der Waals surface area contributed by atoms with E-state index >= 15 is 0 Å². The Morgan fingerprint density at radius 1 is 0.586 bits per heavy atom. The molecule has 0 saturated carbocycles. The number of hydrogen-bond donors (Lipinski definition) is 6. The first-order chi connectivity index (χ1) is 12.8. The number of carbonyl (C=O) groups is 2. The molecule has 0 aromatic rings. The molecule has 0 aliphatic heterocycles. The van der Waals surface area contributed by atoms with E-state index in [0.29, 0.717) is 0 Å². The molecule has 0 fully saturated rings. The first-order valence-corrected chi connectivity index (χ1v) is 14.6. The topological polar surface area (TPSA) is 156 Å². The molecule has 0 spiro atoms. The van der Waals surface area contributed by atoms with Crippen molar-refractivity contribution in [3.8, 4) is 0 Å². The van der Waals surface area contributed by atoms with Crippen LogP contribution in [-0.2, 0) is 52.7 Å². The van der Waals surface area contributed by atoms with Gasteiger partial charge >= 0.3 is 13.4 Å². The van der Waals surface area contributed by atoms with Gasteiger partial charge in [-0.25, -0.2) is 0 Å². The van der Waals surface area contributed by atoms with Crippen molar-refractivity contribution in [1.29, 1.82) is 0 Å². The van der Waals surface area contributed by atoms with Gasteiger partial charge in [0.1, 0.15) is 12.6 Å². The van der Waals surface area contributed by atoms with Gasteiger partial charge in [-0.15, -0.1) is 0 Å². The second kappa shape index (κ2) is 31.2. The quantitative estimate of drug-likeness (QED) is 0.0922. The standard InChI is InChI=1S/2C8H16O.2H3O3PS.Zn/c2*1-2-3-4-5-6-7-8-9;2*1-4(2,3)5;/h2*8H,2-7H2,1H3;2*(H3,1,2,3,5);. The van der Waals surface area contributed by atoms with Gasteiger partial charge in [-0.2, -0.15) is 0 Å². The van der Waals surface area contributed by atoms with Crippen LogP contribution in [0.15, 0.2) is 0 Å². The fraction of sp³-hybridized carbons (Fsp3) is 0.875. The average molecular weight is 550 g/mol. The number of aldehydes is 2. The Balaban J connectivity index is -0.0000000907. The molecule has 174 valence electrons. The first kappa shape index (κ1) is 40.4. The summed E-state index contributed by atoms with van der Waals surface area (Å²) in [5, 5.41) is 0. The van der Waals surface area contributed by atoms with Gasteiger partial charge in [-0.1, -0.05) is 65.2 Å². The van der Waals surface area contributed by atoms with E-state index in [1.54, 1.807) is 0 Å². The number of rotatable bonds is 12. The third kappa shape index (κ3) is 125. The minimum atomic E-state index is -3.81. The molecule has 0 aromatic carbocycles. The van der Waals surface area contributed by atoms with E-state index in [4.69, 9.17) is 29.4 Å². The number of hydrogen-bond acceptors (Lipinski definition) is 4. The van der Waals surface area contributed by atoms with Crippen LogP contribution in [0, 0.1) is 0 Å². The maximum atomic E-state index is 9.84. The molecular weight excluding hydrogens is 512 g/mol. The van der Waals surface area contributed by atoms with Crippen molar-refractivity contribution in [1.82, 2.24) is 0 Å². The Hall–Kier alpha value is 1.02. The number of carbonyl (C=O) groups excluding carboxylic acids is 2. The Morgan fingerprint density at radius 2 is 0.793 bits per heavy atom. The minimum Gasteiger partial charge on any atom is -0.325 e. The van der Waals surface area contributed by atoms with Crippen LogP contribution in [0.3, 0.4) is 0 Å². The van der Waals surface area contributed by atoms with Gasteiger partial charge < -0.3 is 38.9 Å². The van der Waals surface area contributed by atoms with Crippen LogP contribution >= 0.6 is 13.4 Å². The zero-order chi connectivity index (χ0) is 22.9. The zero-order valence-corrected chi connectivity index (χ0v) is 23.9. The van der Waals surface area contributed by atoms with Gasteiger partial charge in [0, 0.05) is 32.3 Å². The van der Waals surface area contributed by atoms with E-state index in [2.05, 4.69) is 37.5 Å². The Morgan fingerprint density at radius 3 is 0.966 bits per heavy atom. The fourth-order valence-corrected chi connectivity index (χ4v) is 1.66. The monoisotopic (exact) mass is 548 g/mol. The second-order valence-corrected chi connectivity index (χ2v) is 10.8. The summed E-state index contributed by atoms with van der Waals surface area (Å²) in [5.74, 6) is 0. The molecule has 0 rings (SSSR count). The van der Waals surface area contributed by atoms with Crippen molar-refractivity contribution in [2.75, 3.05) is 0 Å². The number of unbranched alkanes of at least 4 members (excludes halogenated alkanes) is 10. The summed E-state index contributed by atoms with van der Waals surface area (Å²) in [6.45, 7) is -3.22. The summed E-state index contributed by atoms with van der Waals surface area (Å²) in [4.78, 5) is 65.0. The van der Waals surface area contributed by atoms with Crippen molar-refractivity contribution in [2.45, 2.75) is 90.9 Å². The zero-order valence-electron chi connectivity index (χ0n) is 17.6. The SMILES string of the molecule is CCCCCCCC=O.CCCCCCCC=O.OP(O)(O)=S.OP(O)(O)=S.[Zn]. The molecule has 29 heavy (non-hydrogen) atoms. The minimum absolute atomic E-state index is 0. The molecule has 0 aliphatic carbocycles. The van der Waals surface area contributed by atoms with Gasteiger partial charge in [-0.3, -0.25) is 0 Å². The second-order valence-electron chi connectivity index (χ2n) is 5.77. The molecular formula is C16H38O8P2S2Zn. The van der Waals surface area contributed by atoms with E-state index in [0.717, 1.165) is 38.3 Å². The van der Waals surface area contributed by atoms with E-state index in [-0.39, 0.29) is 19.5 Å². The summed E-state index contributed by atoms with van der Waals surface area (Å²) in [7, 11) is 0. The smallest absolute Gasteiger partial charge is 0.319 e. The van der Waals surface area contributed by atoms with E-state index in [1.165, 1.54) is 51.4 Å². The molecule has 0 saturated heterocycles. The van der Waals surface area contributed by atoms with Crippen molar-refractivity contribution >= 4 is 49.6 Å². The van der Waals surface area contributed by atoms with Crippen LogP contribution in [0.25, 0.3) is 0 Å². The summed E-state index contributed by atoms with van der Waals surface area (Å²) in [6.07, 6.45) is 15.9.